The summed E-state index contributed by atoms with van der Waals surface area (Å²) in [6.45, 7) is 5.40. The first-order valence-electron chi connectivity index (χ1n) is 4.74. The maximum absolute atomic E-state index is 6.16. The van der Waals surface area contributed by atoms with Crippen molar-refractivity contribution in [3.63, 3.8) is 0 Å². The number of hydrogen-bond acceptors (Lipinski definition) is 1. The van der Waals surface area contributed by atoms with Crippen LogP contribution in [-0.4, -0.2) is 6.54 Å². The van der Waals surface area contributed by atoms with Crippen molar-refractivity contribution in [1.82, 2.24) is 0 Å². The molecule has 0 aliphatic carbocycles. The van der Waals surface area contributed by atoms with Gasteiger partial charge in [0.25, 0.3) is 0 Å². The van der Waals surface area contributed by atoms with Gasteiger partial charge in [0.1, 0.15) is 0 Å². The first-order valence-corrected chi connectivity index (χ1v) is 5.12. The summed E-state index contributed by atoms with van der Waals surface area (Å²) in [6.07, 6.45) is 1.13. The van der Waals surface area contributed by atoms with Crippen molar-refractivity contribution in [3.05, 3.63) is 28.3 Å². The van der Waals surface area contributed by atoms with Crippen LogP contribution in [0, 0.1) is 0 Å². The fourth-order valence-corrected chi connectivity index (χ4v) is 2.16. The van der Waals surface area contributed by atoms with Gasteiger partial charge in [-0.15, -0.1) is 0 Å². The van der Waals surface area contributed by atoms with E-state index in [1.54, 1.807) is 0 Å². The summed E-state index contributed by atoms with van der Waals surface area (Å²) in [5.74, 6) is 0.512. The average Bonchev–Trinajstić information content (AvgIpc) is 2.48. The van der Waals surface area contributed by atoms with E-state index >= 15 is 0 Å². The lowest BCUT2D eigenvalue weighted by atomic mass is 9.99. The maximum atomic E-state index is 6.16. The van der Waals surface area contributed by atoms with Gasteiger partial charge < -0.3 is 5.32 Å². The SMILES string of the molecule is CC(C)c1cc2c(cc1Cl)NCC2. The first kappa shape index (κ1) is 8.89. The molecular weight excluding hydrogens is 182 g/mol. The summed E-state index contributed by atoms with van der Waals surface area (Å²) in [7, 11) is 0. The zero-order valence-electron chi connectivity index (χ0n) is 8.02. The van der Waals surface area contributed by atoms with Crippen molar-refractivity contribution < 1.29 is 0 Å². The van der Waals surface area contributed by atoms with Gasteiger partial charge in [-0.3, -0.25) is 0 Å². The van der Waals surface area contributed by atoms with E-state index in [4.69, 9.17) is 11.6 Å². The molecule has 0 saturated carbocycles. The lowest BCUT2D eigenvalue weighted by Crippen LogP contribution is -1.92. The predicted molar refractivity (Wildman–Crippen MR) is 57.7 cm³/mol. The van der Waals surface area contributed by atoms with E-state index < -0.39 is 0 Å². The molecule has 0 fully saturated rings. The van der Waals surface area contributed by atoms with Crippen LogP contribution in [0.25, 0.3) is 0 Å². The molecule has 1 aliphatic heterocycles. The molecule has 2 rings (SSSR count). The Balaban J connectivity index is 2.49. The van der Waals surface area contributed by atoms with Crippen molar-refractivity contribution in [1.29, 1.82) is 0 Å². The molecule has 1 aliphatic rings. The van der Waals surface area contributed by atoms with Crippen molar-refractivity contribution in [2.75, 3.05) is 11.9 Å². The first-order chi connectivity index (χ1) is 6.18. The van der Waals surface area contributed by atoms with Crippen LogP contribution in [0.15, 0.2) is 12.1 Å². The summed E-state index contributed by atoms with van der Waals surface area (Å²) in [5, 5.41) is 4.21. The normalized spacial score (nSPS) is 14.5. The minimum absolute atomic E-state index is 0.512. The van der Waals surface area contributed by atoms with Crippen LogP contribution in [0.4, 0.5) is 5.69 Å². The third-order valence-corrected chi connectivity index (χ3v) is 2.88. The van der Waals surface area contributed by atoms with Gasteiger partial charge in [-0.2, -0.15) is 0 Å². The van der Waals surface area contributed by atoms with Crippen LogP contribution in [-0.2, 0) is 6.42 Å². The Bertz CT molecular complexity index is 331. The summed E-state index contributed by atoms with van der Waals surface area (Å²) in [6, 6.07) is 4.29. The van der Waals surface area contributed by atoms with E-state index in [-0.39, 0.29) is 0 Å². The second kappa shape index (κ2) is 3.22. The summed E-state index contributed by atoms with van der Waals surface area (Å²) < 4.78 is 0. The number of nitrogens with one attached hydrogen (secondary N) is 1. The molecule has 0 bridgehead atoms. The fourth-order valence-electron chi connectivity index (χ4n) is 1.78. The molecule has 0 unspecified atom stereocenters. The summed E-state index contributed by atoms with van der Waals surface area (Å²) >= 11 is 6.16. The Hall–Kier alpha value is -0.690. The van der Waals surface area contributed by atoms with Crippen LogP contribution >= 0.6 is 11.6 Å². The van der Waals surface area contributed by atoms with E-state index in [1.807, 2.05) is 0 Å². The molecule has 70 valence electrons. The molecule has 1 N–H and O–H groups in total. The summed E-state index contributed by atoms with van der Waals surface area (Å²) in [4.78, 5) is 0. The van der Waals surface area contributed by atoms with Gasteiger partial charge in [0.05, 0.1) is 0 Å². The molecule has 1 heterocycles. The molecule has 0 radical (unpaired) electrons. The van der Waals surface area contributed by atoms with Crippen molar-refractivity contribution >= 4 is 17.3 Å². The molecule has 0 saturated heterocycles. The zero-order valence-corrected chi connectivity index (χ0v) is 8.78. The van der Waals surface area contributed by atoms with E-state index in [0.29, 0.717) is 5.92 Å². The van der Waals surface area contributed by atoms with Crippen LogP contribution in [0.3, 0.4) is 0 Å². The van der Waals surface area contributed by atoms with Crippen LogP contribution < -0.4 is 5.32 Å². The Kier molecular flexibility index (Phi) is 2.20. The molecule has 0 aromatic heterocycles. The van der Waals surface area contributed by atoms with E-state index in [1.165, 1.54) is 16.8 Å². The molecule has 0 atom stereocenters. The Morgan fingerprint density at radius 2 is 2.15 bits per heavy atom. The highest BCUT2D eigenvalue weighted by atomic mass is 35.5. The molecule has 13 heavy (non-hydrogen) atoms. The van der Waals surface area contributed by atoms with Gasteiger partial charge in [-0.25, -0.2) is 0 Å². The number of benzene rings is 1. The average molecular weight is 196 g/mol. The number of hydrogen-bond donors (Lipinski definition) is 1. The molecule has 1 aromatic rings. The van der Waals surface area contributed by atoms with E-state index in [2.05, 4.69) is 31.3 Å². The van der Waals surface area contributed by atoms with Gasteiger partial charge in [0.2, 0.25) is 0 Å². The van der Waals surface area contributed by atoms with Gasteiger partial charge in [0, 0.05) is 17.3 Å². The van der Waals surface area contributed by atoms with E-state index in [0.717, 1.165) is 18.0 Å². The van der Waals surface area contributed by atoms with Crippen LogP contribution in [0.5, 0.6) is 0 Å². The zero-order chi connectivity index (χ0) is 9.42. The quantitative estimate of drug-likeness (QED) is 0.724. The lowest BCUT2D eigenvalue weighted by Gasteiger charge is -2.10. The highest BCUT2D eigenvalue weighted by molar-refractivity contribution is 6.31. The number of fused-ring (bicyclic) bond motifs is 1. The number of anilines is 1. The van der Waals surface area contributed by atoms with Crippen LogP contribution in [0.2, 0.25) is 5.02 Å². The number of halogens is 1. The van der Waals surface area contributed by atoms with Gasteiger partial charge in [-0.1, -0.05) is 31.5 Å². The topological polar surface area (TPSA) is 12.0 Å². The molecule has 0 spiro atoms. The number of rotatable bonds is 1. The van der Waals surface area contributed by atoms with Crippen LogP contribution in [0.1, 0.15) is 30.9 Å². The standard InChI is InChI=1S/C11H14ClN/c1-7(2)9-5-8-3-4-13-11(8)6-10(9)12/h5-7,13H,3-4H2,1-2H3. The Morgan fingerprint density at radius 1 is 1.38 bits per heavy atom. The Labute approximate surface area is 84.1 Å². The van der Waals surface area contributed by atoms with Crippen molar-refractivity contribution in [2.45, 2.75) is 26.2 Å². The second-order valence-electron chi connectivity index (χ2n) is 3.86. The van der Waals surface area contributed by atoms with E-state index in [9.17, 15) is 0 Å². The maximum Gasteiger partial charge on any atom is 0.0461 e. The molecule has 1 nitrogen and oxygen atoms in total. The highest BCUT2D eigenvalue weighted by Crippen LogP contribution is 2.32. The lowest BCUT2D eigenvalue weighted by molar-refractivity contribution is 0.864. The molecule has 1 aromatic carbocycles. The smallest absolute Gasteiger partial charge is 0.0461 e. The minimum Gasteiger partial charge on any atom is -0.384 e. The van der Waals surface area contributed by atoms with Crippen molar-refractivity contribution in [2.24, 2.45) is 0 Å². The third kappa shape index (κ3) is 1.53. The van der Waals surface area contributed by atoms with Crippen molar-refractivity contribution in [3.8, 4) is 0 Å². The van der Waals surface area contributed by atoms with Gasteiger partial charge in [-0.05, 0) is 29.5 Å². The highest BCUT2D eigenvalue weighted by Gasteiger charge is 2.14. The Morgan fingerprint density at radius 3 is 2.85 bits per heavy atom. The van der Waals surface area contributed by atoms with Gasteiger partial charge >= 0.3 is 0 Å². The van der Waals surface area contributed by atoms with Gasteiger partial charge in [0.15, 0.2) is 0 Å². The minimum atomic E-state index is 0.512. The third-order valence-electron chi connectivity index (χ3n) is 2.55. The fraction of sp³-hybridized carbons (Fsp3) is 0.455. The molecule has 2 heteroatoms. The predicted octanol–water partition coefficient (Wildman–Crippen LogP) is 3.43. The monoisotopic (exact) mass is 195 g/mol. The second-order valence-corrected chi connectivity index (χ2v) is 4.27. The molecule has 0 amide bonds. The largest absolute Gasteiger partial charge is 0.384 e. The summed E-state index contributed by atoms with van der Waals surface area (Å²) in [5.41, 5.74) is 3.90. The molecular formula is C11H14ClN.